The largest absolute Gasteiger partial charge is 0.454 e. The molecule has 11 rings (SSSR count). The quantitative estimate of drug-likeness (QED) is 0.163. The van der Waals surface area contributed by atoms with Crippen molar-refractivity contribution in [2.45, 2.75) is 5.41 Å². The third-order valence-electron chi connectivity index (χ3n) is 11.8. The minimum absolute atomic E-state index is 0.503. The van der Waals surface area contributed by atoms with Crippen LogP contribution in [0.1, 0.15) is 22.3 Å². The molecule has 0 aliphatic heterocycles. The second kappa shape index (κ2) is 13.4. The summed E-state index contributed by atoms with van der Waals surface area (Å²) in [5, 5.41) is 2.18. The van der Waals surface area contributed by atoms with E-state index in [0.29, 0.717) is 0 Å². The van der Waals surface area contributed by atoms with Crippen LogP contribution < -0.4 is 4.90 Å². The van der Waals surface area contributed by atoms with E-state index in [1.54, 1.807) is 0 Å². The molecule has 0 saturated heterocycles. The lowest BCUT2D eigenvalue weighted by atomic mass is 9.67. The Morgan fingerprint density at radius 3 is 1.40 bits per heavy atom. The first-order valence-corrected chi connectivity index (χ1v) is 19.6. The first kappa shape index (κ1) is 33.0. The smallest absolute Gasteiger partial charge is 0.159 e. The van der Waals surface area contributed by atoms with Crippen molar-refractivity contribution in [3.05, 3.63) is 247 Å². The van der Waals surface area contributed by atoms with Crippen molar-refractivity contribution in [2.75, 3.05) is 4.90 Å². The maximum absolute atomic E-state index is 7.11. The molecule has 268 valence electrons. The van der Waals surface area contributed by atoms with Gasteiger partial charge in [-0.3, -0.25) is 0 Å². The van der Waals surface area contributed by atoms with Crippen LogP contribution in [-0.2, 0) is 5.41 Å². The number of nitrogens with zero attached hydrogens (tertiary/aromatic N) is 1. The molecule has 0 bridgehead atoms. The summed E-state index contributed by atoms with van der Waals surface area (Å²) in [7, 11) is 0. The molecule has 0 unspecified atom stereocenters. The van der Waals surface area contributed by atoms with Gasteiger partial charge in [-0.2, -0.15) is 0 Å². The zero-order chi connectivity index (χ0) is 37.8. The second-order valence-corrected chi connectivity index (χ2v) is 14.8. The average Bonchev–Trinajstić information content (AvgIpc) is 3.82. The molecule has 0 saturated carbocycles. The summed E-state index contributed by atoms with van der Waals surface area (Å²) >= 11 is 0. The molecule has 1 aliphatic rings. The molecule has 57 heavy (non-hydrogen) atoms. The van der Waals surface area contributed by atoms with Crippen LogP contribution in [0.2, 0.25) is 0 Å². The molecule has 10 aromatic rings. The number of para-hydroxylation sites is 1. The average molecular weight is 728 g/mol. The number of fused-ring (bicyclic) bond motifs is 6. The van der Waals surface area contributed by atoms with Crippen molar-refractivity contribution in [2.24, 2.45) is 0 Å². The van der Waals surface area contributed by atoms with Gasteiger partial charge in [0.05, 0.1) is 11.1 Å². The van der Waals surface area contributed by atoms with E-state index in [1.165, 1.54) is 55.6 Å². The highest BCUT2D eigenvalue weighted by atomic mass is 16.3. The first-order chi connectivity index (χ1) is 28.3. The molecule has 2 nitrogen and oxygen atoms in total. The minimum Gasteiger partial charge on any atom is -0.454 e. The van der Waals surface area contributed by atoms with Crippen molar-refractivity contribution in [3.63, 3.8) is 0 Å². The van der Waals surface area contributed by atoms with Gasteiger partial charge in [0.15, 0.2) is 5.58 Å². The summed E-state index contributed by atoms with van der Waals surface area (Å²) in [4.78, 5) is 2.32. The van der Waals surface area contributed by atoms with Gasteiger partial charge >= 0.3 is 0 Å². The highest BCUT2D eigenvalue weighted by Crippen LogP contribution is 2.56. The Morgan fingerprint density at radius 2 is 0.842 bits per heavy atom. The normalized spacial score (nSPS) is 12.7. The fraction of sp³-hybridized carbons (Fsp3) is 0.0182. The van der Waals surface area contributed by atoms with E-state index < -0.39 is 5.41 Å². The molecule has 9 aromatic carbocycles. The molecule has 1 heterocycles. The summed E-state index contributed by atoms with van der Waals surface area (Å²) in [5.41, 5.74) is 16.6. The van der Waals surface area contributed by atoms with Crippen LogP contribution in [-0.4, -0.2) is 0 Å². The Hall–Kier alpha value is -7.42. The van der Waals surface area contributed by atoms with Crippen molar-refractivity contribution in [1.29, 1.82) is 0 Å². The third kappa shape index (κ3) is 5.26. The molecule has 2 heteroatoms. The van der Waals surface area contributed by atoms with Crippen LogP contribution in [0, 0.1) is 0 Å². The number of hydrogen-bond donors (Lipinski definition) is 0. The second-order valence-electron chi connectivity index (χ2n) is 14.8. The van der Waals surface area contributed by atoms with Gasteiger partial charge in [0.25, 0.3) is 0 Å². The van der Waals surface area contributed by atoms with Gasteiger partial charge in [-0.25, -0.2) is 0 Å². The first-order valence-electron chi connectivity index (χ1n) is 19.6. The van der Waals surface area contributed by atoms with Gasteiger partial charge < -0.3 is 9.32 Å². The summed E-state index contributed by atoms with van der Waals surface area (Å²) in [6.45, 7) is 0. The Bertz CT molecular complexity index is 2910. The molecule has 1 aromatic heterocycles. The molecule has 0 N–H and O–H groups in total. The van der Waals surface area contributed by atoms with E-state index >= 15 is 0 Å². The predicted octanol–water partition coefficient (Wildman–Crippen LogP) is 14.8. The van der Waals surface area contributed by atoms with Crippen molar-refractivity contribution in [1.82, 2.24) is 0 Å². The summed E-state index contributed by atoms with van der Waals surface area (Å²) < 4.78 is 7.11. The lowest BCUT2D eigenvalue weighted by Gasteiger charge is -2.33. The van der Waals surface area contributed by atoms with Crippen molar-refractivity contribution >= 4 is 39.0 Å². The third-order valence-corrected chi connectivity index (χ3v) is 11.8. The standard InChI is InChI=1S/C55H37NO/c1-4-15-38(16-5-1)40-27-32-44(33-28-40)56(45-34-29-41(30-35-45)39-17-6-2-7-18-39)52-26-14-23-49-48-36-31-43(37-53(48)57-54(49)52)55(42-19-8-3-9-20-42)50-24-12-10-21-46(50)47-22-11-13-25-51(47)55/h1-37H. The summed E-state index contributed by atoms with van der Waals surface area (Å²) in [6, 6.07) is 80.9. The van der Waals surface area contributed by atoms with E-state index in [2.05, 4.69) is 229 Å². The van der Waals surface area contributed by atoms with E-state index in [1.807, 2.05) is 0 Å². The van der Waals surface area contributed by atoms with Gasteiger partial charge in [0, 0.05) is 22.1 Å². The Kier molecular flexibility index (Phi) is 7.75. The number of hydrogen-bond acceptors (Lipinski definition) is 2. The molecular formula is C55H37NO. The van der Waals surface area contributed by atoms with E-state index in [9.17, 15) is 0 Å². The molecule has 0 atom stereocenters. The van der Waals surface area contributed by atoms with Crippen LogP contribution in [0.3, 0.4) is 0 Å². The zero-order valence-corrected chi connectivity index (χ0v) is 31.2. The van der Waals surface area contributed by atoms with E-state index in [4.69, 9.17) is 4.42 Å². The number of furan rings is 1. The Morgan fingerprint density at radius 1 is 0.351 bits per heavy atom. The molecular weight excluding hydrogens is 691 g/mol. The minimum atomic E-state index is -0.503. The Labute approximate surface area is 332 Å². The van der Waals surface area contributed by atoms with Crippen LogP contribution >= 0.6 is 0 Å². The van der Waals surface area contributed by atoms with Crippen molar-refractivity contribution < 1.29 is 4.42 Å². The van der Waals surface area contributed by atoms with Gasteiger partial charge in [0.2, 0.25) is 0 Å². The summed E-state index contributed by atoms with van der Waals surface area (Å²) in [5.74, 6) is 0. The number of anilines is 3. The zero-order valence-electron chi connectivity index (χ0n) is 31.2. The van der Waals surface area contributed by atoms with E-state index in [-0.39, 0.29) is 0 Å². The van der Waals surface area contributed by atoms with Crippen LogP contribution in [0.15, 0.2) is 229 Å². The Balaban J connectivity index is 1.10. The fourth-order valence-corrected chi connectivity index (χ4v) is 9.20. The van der Waals surface area contributed by atoms with Gasteiger partial charge in [-0.05, 0) is 92.0 Å². The molecule has 0 radical (unpaired) electrons. The van der Waals surface area contributed by atoms with Gasteiger partial charge in [0.1, 0.15) is 5.58 Å². The molecule has 0 fully saturated rings. The van der Waals surface area contributed by atoms with E-state index in [0.717, 1.165) is 39.0 Å². The van der Waals surface area contributed by atoms with Crippen molar-refractivity contribution in [3.8, 4) is 33.4 Å². The molecule has 0 spiro atoms. The fourth-order valence-electron chi connectivity index (χ4n) is 9.20. The number of rotatable bonds is 7. The van der Waals surface area contributed by atoms with Gasteiger partial charge in [-0.1, -0.05) is 188 Å². The van der Waals surface area contributed by atoms with Gasteiger partial charge in [-0.15, -0.1) is 0 Å². The highest BCUT2D eigenvalue weighted by molar-refractivity contribution is 6.10. The monoisotopic (exact) mass is 727 g/mol. The topological polar surface area (TPSA) is 16.4 Å². The van der Waals surface area contributed by atoms with Crippen LogP contribution in [0.4, 0.5) is 17.1 Å². The highest BCUT2D eigenvalue weighted by Gasteiger charge is 2.46. The summed E-state index contributed by atoms with van der Waals surface area (Å²) in [6.07, 6.45) is 0. The lowest BCUT2D eigenvalue weighted by Crippen LogP contribution is -2.28. The van der Waals surface area contributed by atoms with Crippen LogP contribution in [0.5, 0.6) is 0 Å². The predicted molar refractivity (Wildman–Crippen MR) is 237 cm³/mol. The SMILES string of the molecule is c1ccc(-c2ccc(N(c3ccc(-c4ccccc4)cc3)c3cccc4c3oc3cc(C5(c6ccccc6)c6ccccc6-c6ccccc65)ccc34)cc2)cc1. The maximum atomic E-state index is 7.11. The lowest BCUT2D eigenvalue weighted by molar-refractivity contribution is 0.666. The molecule has 1 aliphatic carbocycles. The molecule has 0 amide bonds. The number of benzene rings is 9. The maximum Gasteiger partial charge on any atom is 0.159 e. The van der Waals surface area contributed by atoms with Crippen LogP contribution in [0.25, 0.3) is 55.3 Å².